The van der Waals surface area contributed by atoms with Crippen LogP contribution >= 0.6 is 0 Å². The summed E-state index contributed by atoms with van der Waals surface area (Å²) in [5.41, 5.74) is 5.42. The van der Waals surface area contributed by atoms with Gasteiger partial charge in [-0.05, 0) is 29.8 Å². The van der Waals surface area contributed by atoms with Crippen molar-refractivity contribution in [3.8, 4) is 16.8 Å². The number of imide groups is 1. The van der Waals surface area contributed by atoms with Crippen molar-refractivity contribution in [2.24, 2.45) is 0 Å². The molecule has 0 radical (unpaired) electrons. The molecule has 1 aliphatic rings. The maximum absolute atomic E-state index is 13.0. The van der Waals surface area contributed by atoms with Gasteiger partial charge in [0.15, 0.2) is 0 Å². The summed E-state index contributed by atoms with van der Waals surface area (Å²) >= 11 is 0. The molecule has 2 amide bonds. The van der Waals surface area contributed by atoms with Crippen LogP contribution in [0.3, 0.4) is 0 Å². The predicted octanol–water partition coefficient (Wildman–Crippen LogP) is 4.47. The van der Waals surface area contributed by atoms with Crippen LogP contribution in [0.5, 0.6) is 0 Å². The highest BCUT2D eigenvalue weighted by Crippen LogP contribution is 2.39. The summed E-state index contributed by atoms with van der Waals surface area (Å²) in [7, 11) is 1.52. The van der Waals surface area contributed by atoms with Crippen LogP contribution in [0.4, 0.5) is 0 Å². The van der Waals surface area contributed by atoms with Crippen LogP contribution in [-0.2, 0) is 0 Å². The van der Waals surface area contributed by atoms with Crippen molar-refractivity contribution < 1.29 is 9.59 Å². The topological polar surface area (TPSA) is 68.1 Å². The van der Waals surface area contributed by atoms with E-state index >= 15 is 0 Å². The van der Waals surface area contributed by atoms with E-state index in [1.165, 1.54) is 18.3 Å². The number of carbonyl (C=O) groups excluding carboxylic acids is 2. The summed E-state index contributed by atoms with van der Waals surface area (Å²) in [6.45, 7) is 0. The van der Waals surface area contributed by atoms with Crippen molar-refractivity contribution >= 4 is 33.6 Å². The molecule has 0 atom stereocenters. The normalized spacial score (nSPS) is 13.4. The Bertz CT molecular complexity index is 1540. The van der Waals surface area contributed by atoms with Crippen LogP contribution in [0.2, 0.25) is 0 Å². The zero-order valence-electron chi connectivity index (χ0n) is 16.6. The van der Waals surface area contributed by atoms with Crippen LogP contribution in [0.1, 0.15) is 20.7 Å². The lowest BCUT2D eigenvalue weighted by atomic mass is 10.0. The zero-order valence-corrected chi connectivity index (χ0v) is 16.6. The summed E-state index contributed by atoms with van der Waals surface area (Å²) in [4.78, 5) is 35.1. The van der Waals surface area contributed by atoms with Crippen LogP contribution in [-0.4, -0.2) is 38.3 Å². The molecule has 6 rings (SSSR count). The first-order chi connectivity index (χ1) is 15.2. The Kier molecular flexibility index (Phi) is 3.58. The molecule has 6 nitrogen and oxygen atoms in total. The van der Waals surface area contributed by atoms with E-state index in [4.69, 9.17) is 0 Å². The van der Waals surface area contributed by atoms with E-state index < -0.39 is 0 Å². The van der Waals surface area contributed by atoms with Gasteiger partial charge < -0.3 is 4.57 Å². The van der Waals surface area contributed by atoms with Gasteiger partial charge in [0.25, 0.3) is 11.8 Å². The molecule has 0 bridgehead atoms. The summed E-state index contributed by atoms with van der Waals surface area (Å²) in [6.07, 6.45) is 5.11. The van der Waals surface area contributed by atoms with E-state index in [1.807, 2.05) is 42.5 Å². The van der Waals surface area contributed by atoms with Gasteiger partial charge in [-0.3, -0.25) is 14.5 Å². The van der Waals surface area contributed by atoms with Crippen LogP contribution in [0, 0.1) is 0 Å². The van der Waals surface area contributed by atoms with E-state index in [0.29, 0.717) is 16.8 Å². The van der Waals surface area contributed by atoms with Crippen LogP contribution in [0.15, 0.2) is 79.4 Å². The third kappa shape index (κ3) is 2.33. The molecule has 3 aromatic carbocycles. The number of hydrogen-bond acceptors (Lipinski definition) is 4. The second-order valence-electron chi connectivity index (χ2n) is 7.55. The molecule has 1 aliphatic heterocycles. The summed E-state index contributed by atoms with van der Waals surface area (Å²) in [5, 5.41) is 2.11. The minimum Gasteiger partial charge on any atom is -0.308 e. The molecule has 0 unspecified atom stereocenters. The summed E-state index contributed by atoms with van der Waals surface area (Å²) < 4.78 is 2.07. The predicted molar refractivity (Wildman–Crippen MR) is 118 cm³/mol. The first-order valence-corrected chi connectivity index (χ1v) is 9.90. The van der Waals surface area contributed by atoms with Crippen LogP contribution < -0.4 is 0 Å². The average molecular weight is 404 g/mol. The molecule has 2 aromatic heterocycles. The first kappa shape index (κ1) is 17.5. The lowest BCUT2D eigenvalue weighted by molar-refractivity contribution is 0.0693. The highest BCUT2D eigenvalue weighted by atomic mass is 16.2. The average Bonchev–Trinajstić information content (AvgIpc) is 3.27. The van der Waals surface area contributed by atoms with Crippen molar-refractivity contribution in [3.05, 3.63) is 90.5 Å². The Hall–Kier alpha value is -4.32. The Morgan fingerprint density at radius 1 is 0.742 bits per heavy atom. The largest absolute Gasteiger partial charge is 0.308 e. The van der Waals surface area contributed by atoms with Gasteiger partial charge in [-0.2, -0.15) is 0 Å². The standard InChI is InChI=1S/C25H16N4O2/c1-28-24(30)18-8-5-11-21(23(18)25(28)31)29-19-9-3-2-6-17(19)22-16(7-4-10-20(22)29)15-12-26-14-27-13-15/h2-14H,1H3. The van der Waals surface area contributed by atoms with E-state index in [0.717, 1.165) is 32.9 Å². The Morgan fingerprint density at radius 3 is 2.29 bits per heavy atom. The van der Waals surface area contributed by atoms with Gasteiger partial charge in [0.05, 0.1) is 27.8 Å². The van der Waals surface area contributed by atoms with Gasteiger partial charge in [0.1, 0.15) is 6.33 Å². The lowest BCUT2D eigenvalue weighted by Gasteiger charge is -2.12. The molecule has 0 fully saturated rings. The van der Waals surface area contributed by atoms with Crippen molar-refractivity contribution in [2.45, 2.75) is 0 Å². The monoisotopic (exact) mass is 404 g/mol. The third-order valence-corrected chi connectivity index (χ3v) is 5.91. The second-order valence-corrected chi connectivity index (χ2v) is 7.55. The van der Waals surface area contributed by atoms with Gasteiger partial charge in [-0.15, -0.1) is 0 Å². The SMILES string of the molecule is CN1C(=O)c2cccc(-n3c4ccccc4c4c(-c5cncnc5)cccc43)c2C1=O. The van der Waals surface area contributed by atoms with Gasteiger partial charge in [-0.25, -0.2) is 9.97 Å². The Labute approximate surface area is 177 Å². The van der Waals surface area contributed by atoms with Crippen molar-refractivity contribution in [2.75, 3.05) is 7.05 Å². The number of carbonyl (C=O) groups is 2. The molecule has 5 aromatic rings. The summed E-state index contributed by atoms with van der Waals surface area (Å²) in [6, 6.07) is 19.6. The summed E-state index contributed by atoms with van der Waals surface area (Å²) in [5.74, 6) is -0.557. The van der Waals surface area contributed by atoms with Crippen molar-refractivity contribution in [3.63, 3.8) is 0 Å². The highest BCUT2D eigenvalue weighted by molar-refractivity contribution is 6.24. The number of hydrogen-bond donors (Lipinski definition) is 0. The lowest BCUT2D eigenvalue weighted by Crippen LogP contribution is -2.24. The minimum atomic E-state index is -0.283. The van der Waals surface area contributed by atoms with Crippen molar-refractivity contribution in [1.29, 1.82) is 0 Å². The molecule has 0 spiro atoms. The smallest absolute Gasteiger partial charge is 0.263 e. The number of nitrogens with zero attached hydrogens (tertiary/aromatic N) is 4. The van der Waals surface area contributed by atoms with E-state index in [-0.39, 0.29) is 11.8 Å². The molecule has 0 N–H and O–H groups in total. The zero-order chi connectivity index (χ0) is 21.1. The maximum atomic E-state index is 13.0. The van der Waals surface area contributed by atoms with E-state index in [9.17, 15) is 9.59 Å². The van der Waals surface area contributed by atoms with Crippen LogP contribution in [0.25, 0.3) is 38.6 Å². The minimum absolute atomic E-state index is 0.273. The van der Waals surface area contributed by atoms with E-state index in [2.05, 4.69) is 26.7 Å². The van der Waals surface area contributed by atoms with Gasteiger partial charge in [0, 0.05) is 35.8 Å². The Balaban J connectivity index is 1.77. The molecule has 3 heterocycles. The number of rotatable bonds is 2. The molecule has 0 aliphatic carbocycles. The molecule has 148 valence electrons. The molecule has 0 saturated carbocycles. The molecule has 31 heavy (non-hydrogen) atoms. The third-order valence-electron chi connectivity index (χ3n) is 5.91. The highest BCUT2D eigenvalue weighted by Gasteiger charge is 2.35. The Morgan fingerprint density at radius 2 is 1.45 bits per heavy atom. The molecule has 6 heteroatoms. The second kappa shape index (κ2) is 6.34. The van der Waals surface area contributed by atoms with E-state index in [1.54, 1.807) is 18.5 Å². The number of amides is 2. The van der Waals surface area contributed by atoms with Gasteiger partial charge in [0.2, 0.25) is 0 Å². The number of para-hydroxylation sites is 1. The number of fused-ring (bicyclic) bond motifs is 4. The quantitative estimate of drug-likeness (QED) is 0.407. The number of aromatic nitrogens is 3. The van der Waals surface area contributed by atoms with Gasteiger partial charge >= 0.3 is 0 Å². The fourth-order valence-corrected chi connectivity index (χ4v) is 4.53. The molecule has 0 saturated heterocycles. The molecular weight excluding hydrogens is 388 g/mol. The van der Waals surface area contributed by atoms with Crippen molar-refractivity contribution in [1.82, 2.24) is 19.4 Å². The fraction of sp³-hybridized carbons (Fsp3) is 0.0400. The molecular formula is C25H16N4O2. The number of benzene rings is 3. The maximum Gasteiger partial charge on any atom is 0.263 e. The first-order valence-electron chi connectivity index (χ1n) is 9.90. The fourth-order valence-electron chi connectivity index (χ4n) is 4.53. The van der Waals surface area contributed by atoms with Gasteiger partial charge in [-0.1, -0.05) is 36.4 Å².